The lowest BCUT2D eigenvalue weighted by Crippen LogP contribution is -2.50. The maximum absolute atomic E-state index is 13.0. The quantitative estimate of drug-likeness (QED) is 0.771. The summed E-state index contributed by atoms with van der Waals surface area (Å²) in [7, 11) is -3.49. The van der Waals surface area contributed by atoms with E-state index in [0.29, 0.717) is 43.4 Å². The highest BCUT2D eigenvalue weighted by Gasteiger charge is 2.31. The number of piperazine rings is 1. The van der Waals surface area contributed by atoms with Crippen LogP contribution in [0.15, 0.2) is 23.1 Å². The highest BCUT2D eigenvalue weighted by molar-refractivity contribution is 7.89. The standard InChI is InChI=1S/C21H32N2O3S/c1-17-8-10-20(18(2)16-17)27(25,26)23-14-12-22(13-15-23)21(24)11-9-19-6-4-3-5-7-19/h8,10,16,19H,3-7,9,11-15H2,1-2H3. The van der Waals surface area contributed by atoms with E-state index in [1.807, 2.05) is 30.9 Å². The van der Waals surface area contributed by atoms with Crippen LogP contribution in [-0.4, -0.2) is 49.7 Å². The van der Waals surface area contributed by atoms with Gasteiger partial charge in [-0.2, -0.15) is 4.31 Å². The molecule has 1 aromatic carbocycles. The number of hydrogen-bond donors (Lipinski definition) is 0. The molecule has 1 amide bonds. The third kappa shape index (κ3) is 4.91. The summed E-state index contributed by atoms with van der Waals surface area (Å²) in [4.78, 5) is 14.7. The number of carbonyl (C=O) groups excluding carboxylic acids is 1. The Morgan fingerprint density at radius 2 is 1.70 bits per heavy atom. The second-order valence-corrected chi connectivity index (χ2v) is 10.0. The summed E-state index contributed by atoms with van der Waals surface area (Å²) in [5.41, 5.74) is 1.83. The van der Waals surface area contributed by atoms with Gasteiger partial charge in [0.15, 0.2) is 0 Å². The van der Waals surface area contributed by atoms with Crippen molar-refractivity contribution in [2.24, 2.45) is 5.92 Å². The van der Waals surface area contributed by atoms with Gasteiger partial charge in [-0.25, -0.2) is 8.42 Å². The van der Waals surface area contributed by atoms with Gasteiger partial charge in [-0.15, -0.1) is 0 Å². The van der Waals surface area contributed by atoms with Crippen molar-refractivity contribution in [2.75, 3.05) is 26.2 Å². The molecular formula is C21H32N2O3S. The Balaban J connectivity index is 1.53. The summed E-state index contributed by atoms with van der Waals surface area (Å²) in [5, 5.41) is 0. The molecule has 1 aromatic rings. The van der Waals surface area contributed by atoms with Gasteiger partial charge in [0.2, 0.25) is 15.9 Å². The first-order chi connectivity index (χ1) is 12.9. The minimum Gasteiger partial charge on any atom is -0.340 e. The molecule has 6 heteroatoms. The molecule has 2 fully saturated rings. The average Bonchev–Trinajstić information content (AvgIpc) is 2.66. The molecule has 3 rings (SSSR count). The van der Waals surface area contributed by atoms with Crippen molar-refractivity contribution in [2.45, 2.75) is 63.7 Å². The molecule has 0 aromatic heterocycles. The molecule has 5 nitrogen and oxygen atoms in total. The highest BCUT2D eigenvalue weighted by Crippen LogP contribution is 2.28. The number of sulfonamides is 1. The van der Waals surface area contributed by atoms with E-state index in [-0.39, 0.29) is 5.91 Å². The predicted octanol–water partition coefficient (Wildman–Crippen LogP) is 3.50. The summed E-state index contributed by atoms with van der Waals surface area (Å²) in [6.45, 7) is 5.54. The first kappa shape index (κ1) is 20.3. The van der Waals surface area contributed by atoms with Crippen LogP contribution in [0.1, 0.15) is 56.1 Å². The molecule has 0 bridgehead atoms. The van der Waals surface area contributed by atoms with Crippen molar-refractivity contribution in [3.05, 3.63) is 29.3 Å². The molecule has 0 radical (unpaired) electrons. The lowest BCUT2D eigenvalue weighted by atomic mass is 9.86. The fourth-order valence-corrected chi connectivity index (χ4v) is 6.00. The molecule has 0 N–H and O–H groups in total. The highest BCUT2D eigenvalue weighted by atomic mass is 32.2. The van der Waals surface area contributed by atoms with Gasteiger partial charge in [0.25, 0.3) is 0 Å². The van der Waals surface area contributed by atoms with Gasteiger partial charge in [-0.3, -0.25) is 4.79 Å². The van der Waals surface area contributed by atoms with Crippen LogP contribution in [0, 0.1) is 19.8 Å². The van der Waals surface area contributed by atoms with Crippen LogP contribution in [0.25, 0.3) is 0 Å². The van der Waals surface area contributed by atoms with E-state index in [4.69, 9.17) is 0 Å². The second-order valence-electron chi connectivity index (χ2n) is 8.10. The number of hydrogen-bond acceptors (Lipinski definition) is 3. The molecule has 1 saturated carbocycles. The van der Waals surface area contributed by atoms with Crippen LogP contribution in [0.5, 0.6) is 0 Å². The van der Waals surface area contributed by atoms with E-state index < -0.39 is 10.0 Å². The van der Waals surface area contributed by atoms with Crippen LogP contribution in [0.2, 0.25) is 0 Å². The van der Waals surface area contributed by atoms with E-state index in [1.54, 1.807) is 6.07 Å². The van der Waals surface area contributed by atoms with Crippen molar-refractivity contribution in [1.29, 1.82) is 0 Å². The van der Waals surface area contributed by atoms with Crippen molar-refractivity contribution in [3.8, 4) is 0 Å². The molecule has 1 aliphatic heterocycles. The van der Waals surface area contributed by atoms with Crippen molar-refractivity contribution in [3.63, 3.8) is 0 Å². The number of amides is 1. The van der Waals surface area contributed by atoms with Crippen molar-refractivity contribution in [1.82, 2.24) is 9.21 Å². The number of benzene rings is 1. The summed E-state index contributed by atoms with van der Waals surface area (Å²) in [5.74, 6) is 0.887. The first-order valence-electron chi connectivity index (χ1n) is 10.2. The smallest absolute Gasteiger partial charge is 0.243 e. The van der Waals surface area contributed by atoms with Gasteiger partial charge >= 0.3 is 0 Å². The minimum absolute atomic E-state index is 0.184. The van der Waals surface area contributed by atoms with Crippen LogP contribution in [0.4, 0.5) is 0 Å². The average molecular weight is 393 g/mol. The van der Waals surface area contributed by atoms with Gasteiger partial charge in [0.05, 0.1) is 4.90 Å². The second kappa shape index (κ2) is 8.74. The number of nitrogens with zero attached hydrogens (tertiary/aromatic N) is 2. The lowest BCUT2D eigenvalue weighted by molar-refractivity contribution is -0.132. The number of rotatable bonds is 5. The maximum atomic E-state index is 13.0. The van der Waals surface area contributed by atoms with Crippen LogP contribution in [-0.2, 0) is 14.8 Å². The topological polar surface area (TPSA) is 57.7 Å². The van der Waals surface area contributed by atoms with E-state index in [1.165, 1.54) is 36.4 Å². The molecule has 150 valence electrons. The van der Waals surface area contributed by atoms with Gasteiger partial charge in [-0.05, 0) is 37.8 Å². The summed E-state index contributed by atoms with van der Waals surface area (Å²) in [6, 6.07) is 5.44. The number of carbonyl (C=O) groups is 1. The molecule has 27 heavy (non-hydrogen) atoms. The Morgan fingerprint density at radius 3 is 2.33 bits per heavy atom. The lowest BCUT2D eigenvalue weighted by Gasteiger charge is -2.34. The van der Waals surface area contributed by atoms with Gasteiger partial charge in [0, 0.05) is 32.6 Å². The van der Waals surface area contributed by atoms with Crippen molar-refractivity contribution >= 4 is 15.9 Å². The molecule has 2 aliphatic rings. The Kier molecular flexibility index (Phi) is 6.58. The normalized spacial score (nSPS) is 20.0. The van der Waals surface area contributed by atoms with Gasteiger partial charge in [-0.1, -0.05) is 49.8 Å². The van der Waals surface area contributed by atoms with Gasteiger partial charge in [0.1, 0.15) is 0 Å². The molecule has 1 saturated heterocycles. The van der Waals surface area contributed by atoms with Crippen LogP contribution >= 0.6 is 0 Å². The Labute approximate surface area is 163 Å². The Morgan fingerprint density at radius 1 is 1.04 bits per heavy atom. The zero-order valence-electron chi connectivity index (χ0n) is 16.6. The SMILES string of the molecule is Cc1ccc(S(=O)(=O)N2CCN(C(=O)CCC3CCCCC3)CC2)c(C)c1. The third-order valence-corrected chi connectivity index (χ3v) is 8.09. The van der Waals surface area contributed by atoms with E-state index in [9.17, 15) is 13.2 Å². The summed E-state index contributed by atoms with van der Waals surface area (Å²) < 4.78 is 27.4. The minimum atomic E-state index is -3.49. The monoisotopic (exact) mass is 392 g/mol. The maximum Gasteiger partial charge on any atom is 0.243 e. The van der Waals surface area contributed by atoms with E-state index in [0.717, 1.165) is 17.5 Å². The third-order valence-electron chi connectivity index (χ3n) is 6.03. The zero-order chi connectivity index (χ0) is 19.4. The molecule has 0 spiro atoms. The summed E-state index contributed by atoms with van der Waals surface area (Å²) in [6.07, 6.45) is 8.04. The van der Waals surface area contributed by atoms with E-state index in [2.05, 4.69) is 0 Å². The van der Waals surface area contributed by atoms with Gasteiger partial charge < -0.3 is 4.90 Å². The van der Waals surface area contributed by atoms with Crippen LogP contribution in [0.3, 0.4) is 0 Å². The molecule has 0 atom stereocenters. The number of aryl methyl sites for hydroxylation is 2. The summed E-state index contributed by atoms with van der Waals surface area (Å²) >= 11 is 0. The Hall–Kier alpha value is -1.40. The van der Waals surface area contributed by atoms with Crippen molar-refractivity contribution < 1.29 is 13.2 Å². The first-order valence-corrected chi connectivity index (χ1v) is 11.7. The molecule has 0 unspecified atom stereocenters. The van der Waals surface area contributed by atoms with E-state index >= 15 is 0 Å². The Bertz CT molecular complexity index is 762. The zero-order valence-corrected chi connectivity index (χ0v) is 17.4. The van der Waals surface area contributed by atoms with Crippen LogP contribution < -0.4 is 0 Å². The molecular weight excluding hydrogens is 360 g/mol. The molecule has 1 heterocycles. The fraction of sp³-hybridized carbons (Fsp3) is 0.667. The fourth-order valence-electron chi connectivity index (χ4n) is 4.37. The largest absolute Gasteiger partial charge is 0.340 e. The molecule has 1 aliphatic carbocycles. The predicted molar refractivity (Wildman–Crippen MR) is 107 cm³/mol.